The van der Waals surface area contributed by atoms with Crippen molar-refractivity contribution >= 4 is 27.9 Å². The van der Waals surface area contributed by atoms with Gasteiger partial charge in [-0.25, -0.2) is 4.98 Å². The van der Waals surface area contributed by atoms with E-state index in [-0.39, 0.29) is 48.9 Å². The number of nitrogens with one attached hydrogen (secondary N) is 2. The molecule has 1 aliphatic heterocycles. The van der Waals surface area contributed by atoms with E-state index in [9.17, 15) is 4.79 Å². The fourth-order valence-corrected chi connectivity index (χ4v) is 3.71. The summed E-state index contributed by atoms with van der Waals surface area (Å²) in [4.78, 5) is 21.2. The van der Waals surface area contributed by atoms with Gasteiger partial charge in [-0.15, -0.1) is 0 Å². The van der Waals surface area contributed by atoms with Crippen LogP contribution in [0.2, 0.25) is 0 Å². The van der Waals surface area contributed by atoms with Gasteiger partial charge in [0.05, 0.1) is 22.5 Å². The molecule has 0 radical (unpaired) electrons. The monoisotopic (exact) mass is 593 g/mol. The Labute approximate surface area is 181 Å². The van der Waals surface area contributed by atoms with Crippen molar-refractivity contribution in [3.05, 3.63) is 67.4 Å². The van der Waals surface area contributed by atoms with E-state index in [1.54, 1.807) is 6.26 Å². The van der Waals surface area contributed by atoms with Gasteiger partial charge >= 0.3 is 31.1 Å². The molecule has 0 spiro atoms. The van der Waals surface area contributed by atoms with Crippen molar-refractivity contribution in [2.24, 2.45) is 5.92 Å². The van der Waals surface area contributed by atoms with E-state index >= 15 is 0 Å². The topological polar surface area (TPSA) is 67.0 Å². The zero-order chi connectivity index (χ0) is 17.8. The Kier molecular flexibility index (Phi) is 7.75. The SMILES string of the molecule is C=C(Nc1nc(C2CC=CO2)c(C(=O)C(C[CH2-])C[CH2-])s1)c1ccc[nH]1.[U+2]. The summed E-state index contributed by atoms with van der Waals surface area (Å²) >= 11 is 1.33. The summed E-state index contributed by atoms with van der Waals surface area (Å²) < 4.78 is 5.59. The second-order valence-electron chi connectivity index (χ2n) is 5.79. The van der Waals surface area contributed by atoms with Gasteiger partial charge in [0.2, 0.25) is 0 Å². The van der Waals surface area contributed by atoms with Crippen molar-refractivity contribution in [3.8, 4) is 0 Å². The summed E-state index contributed by atoms with van der Waals surface area (Å²) in [5, 5.41) is 3.81. The first kappa shape index (κ1) is 21.0. The number of anilines is 1. The molecule has 2 N–H and O–H groups in total. The average molecular weight is 593 g/mol. The van der Waals surface area contributed by atoms with Gasteiger partial charge < -0.3 is 28.9 Å². The Bertz CT molecular complexity index is 771. The number of ether oxygens (including phenoxy) is 1. The Hall–Kier alpha value is -1.29. The molecule has 5 nitrogen and oxygen atoms in total. The maximum absolute atomic E-state index is 12.9. The van der Waals surface area contributed by atoms with Crippen LogP contribution in [0.4, 0.5) is 5.13 Å². The minimum atomic E-state index is -0.222. The molecule has 1 aliphatic rings. The molecule has 0 amide bonds. The molecule has 3 rings (SSSR count). The fourth-order valence-electron chi connectivity index (χ4n) is 2.65. The quantitative estimate of drug-likeness (QED) is 0.342. The number of rotatable bonds is 8. The summed E-state index contributed by atoms with van der Waals surface area (Å²) in [6.07, 6.45) is 6.94. The predicted octanol–water partition coefficient (Wildman–Crippen LogP) is 4.78. The molecule has 0 aromatic carbocycles. The third kappa shape index (κ3) is 4.51. The summed E-state index contributed by atoms with van der Waals surface area (Å²) in [7, 11) is 0. The van der Waals surface area contributed by atoms with Crippen molar-refractivity contribution in [1.29, 1.82) is 0 Å². The molecule has 0 aliphatic carbocycles. The number of nitrogens with zero attached hydrogens (tertiary/aromatic N) is 1. The molecule has 1 unspecified atom stereocenters. The molecule has 0 bridgehead atoms. The molecular weight excluding hydrogens is 572 g/mol. The number of thiazole rings is 1. The Morgan fingerprint density at radius 3 is 2.85 bits per heavy atom. The average Bonchev–Trinajstić information content (AvgIpc) is 3.36. The van der Waals surface area contributed by atoms with E-state index in [4.69, 9.17) is 4.74 Å². The van der Waals surface area contributed by atoms with Crippen LogP contribution in [0.5, 0.6) is 0 Å². The summed E-state index contributed by atoms with van der Waals surface area (Å²) in [6, 6.07) is 3.82. The minimum Gasteiger partial charge on any atom is -0.492 e. The molecule has 2 aromatic heterocycles. The first-order valence-electron chi connectivity index (χ1n) is 8.17. The van der Waals surface area contributed by atoms with Gasteiger partial charge in [0, 0.05) is 12.6 Å². The first-order valence-corrected chi connectivity index (χ1v) is 8.99. The number of aromatic amines is 1. The van der Waals surface area contributed by atoms with Crippen molar-refractivity contribution in [2.45, 2.75) is 25.4 Å². The van der Waals surface area contributed by atoms with Gasteiger partial charge in [-0.05, 0) is 24.1 Å². The normalized spacial score (nSPS) is 15.6. The summed E-state index contributed by atoms with van der Waals surface area (Å²) in [5.41, 5.74) is 2.24. The molecule has 0 saturated heterocycles. The predicted molar refractivity (Wildman–Crippen MR) is 101 cm³/mol. The van der Waals surface area contributed by atoms with Gasteiger partial charge in [0.1, 0.15) is 11.8 Å². The van der Waals surface area contributed by atoms with Crippen molar-refractivity contribution in [1.82, 2.24) is 9.97 Å². The zero-order valence-electron chi connectivity index (χ0n) is 14.5. The standard InChI is InChI=1S/C19H21N3O2S.U/c1-4-13(5-2)17(23)18-16(15-9-7-11-24-15)22-19(25-18)21-12(3)14-8-6-10-20-14;/h6-8,10-11,13,15,20H,1-5,9H2,(H,21,22);/q-2;+2. The Balaban J connectivity index is 0.00000243. The molecule has 1 atom stereocenters. The molecule has 3 heterocycles. The number of Topliss-reactive ketones (excluding diaryl/α,β-unsaturated/α-hetero) is 1. The second kappa shape index (κ2) is 9.59. The number of hydrogen-bond donors (Lipinski definition) is 2. The van der Waals surface area contributed by atoms with E-state index in [1.807, 2.05) is 24.4 Å². The summed E-state index contributed by atoms with van der Waals surface area (Å²) in [5.74, 6) is -0.167. The number of aromatic nitrogens is 2. The molecule has 0 fully saturated rings. The van der Waals surface area contributed by atoms with Gasteiger partial charge in [0.25, 0.3) is 0 Å². The van der Waals surface area contributed by atoms with Crippen LogP contribution in [0.1, 0.15) is 46.4 Å². The number of H-pyrrole nitrogens is 1. The fraction of sp³-hybridized carbons (Fsp3) is 0.263. The number of ketones is 1. The molecule has 7 heteroatoms. The van der Waals surface area contributed by atoms with E-state index < -0.39 is 0 Å². The van der Waals surface area contributed by atoms with Crippen LogP contribution in [0.15, 0.2) is 37.2 Å². The van der Waals surface area contributed by atoms with Gasteiger partial charge in [-0.1, -0.05) is 17.9 Å². The maximum atomic E-state index is 12.9. The Morgan fingerprint density at radius 2 is 2.27 bits per heavy atom. The van der Waals surface area contributed by atoms with Gasteiger partial charge in [-0.2, -0.15) is 12.8 Å². The van der Waals surface area contributed by atoms with Crippen molar-refractivity contribution < 1.29 is 40.6 Å². The van der Waals surface area contributed by atoms with Crippen molar-refractivity contribution in [2.75, 3.05) is 5.32 Å². The van der Waals surface area contributed by atoms with E-state index in [0.717, 1.165) is 5.69 Å². The molecule has 26 heavy (non-hydrogen) atoms. The van der Waals surface area contributed by atoms with Crippen LogP contribution in [0, 0.1) is 50.9 Å². The third-order valence-electron chi connectivity index (χ3n) is 4.12. The van der Waals surface area contributed by atoms with Crippen LogP contribution < -0.4 is 5.32 Å². The van der Waals surface area contributed by atoms with E-state index in [1.165, 1.54) is 11.3 Å². The number of hydrogen-bond acceptors (Lipinski definition) is 5. The number of carbonyl (C=O) groups is 1. The maximum Gasteiger partial charge on any atom is 2.00 e. The third-order valence-corrected chi connectivity index (χ3v) is 5.12. The molecule has 134 valence electrons. The largest absolute Gasteiger partial charge is 2.00 e. The zero-order valence-corrected chi connectivity index (χ0v) is 19.4. The van der Waals surface area contributed by atoms with E-state index in [2.05, 4.69) is 35.7 Å². The first-order chi connectivity index (χ1) is 12.1. The van der Waals surface area contributed by atoms with Gasteiger partial charge in [0.15, 0.2) is 10.9 Å². The van der Waals surface area contributed by atoms with Crippen LogP contribution in [-0.4, -0.2) is 15.8 Å². The number of carbonyl (C=O) groups excluding carboxylic acids is 1. The second-order valence-corrected chi connectivity index (χ2v) is 6.79. The minimum absolute atomic E-state index is 0. The molecule has 2 aromatic rings. The van der Waals surface area contributed by atoms with Crippen LogP contribution >= 0.6 is 11.3 Å². The molecule has 0 saturated carbocycles. The van der Waals surface area contributed by atoms with Crippen LogP contribution in [-0.2, 0) is 4.74 Å². The van der Waals surface area contributed by atoms with Crippen LogP contribution in [0.3, 0.4) is 0 Å². The van der Waals surface area contributed by atoms with Gasteiger partial charge in [-0.3, -0.25) is 4.79 Å². The van der Waals surface area contributed by atoms with Crippen LogP contribution in [0.25, 0.3) is 5.70 Å². The Morgan fingerprint density at radius 1 is 1.50 bits per heavy atom. The molecular formula is C19H21N3O2SU. The summed E-state index contributed by atoms with van der Waals surface area (Å²) in [6.45, 7) is 11.7. The smallest absolute Gasteiger partial charge is 0.492 e. The van der Waals surface area contributed by atoms with Crippen molar-refractivity contribution in [3.63, 3.8) is 0 Å². The van der Waals surface area contributed by atoms with E-state index in [0.29, 0.717) is 40.7 Å².